The quantitative estimate of drug-likeness (QED) is 0.463. The summed E-state index contributed by atoms with van der Waals surface area (Å²) in [6, 6.07) is 11.8. The first-order valence-corrected chi connectivity index (χ1v) is 10.9. The number of esters is 1. The molecule has 1 aliphatic rings. The van der Waals surface area contributed by atoms with E-state index < -0.39 is 31.0 Å². The number of fused-ring (bicyclic) bond motifs is 1. The Morgan fingerprint density at radius 3 is 2.49 bits per heavy atom. The lowest BCUT2D eigenvalue weighted by Crippen LogP contribution is -2.34. The third kappa shape index (κ3) is 6.05. The predicted octanol–water partition coefficient (Wildman–Crippen LogP) is 2.77. The van der Waals surface area contributed by atoms with E-state index in [1.807, 2.05) is 5.32 Å². The van der Waals surface area contributed by atoms with Crippen molar-refractivity contribution in [2.24, 2.45) is 0 Å². The van der Waals surface area contributed by atoms with E-state index in [1.165, 1.54) is 12.1 Å². The fraction of sp³-hybridized carbons (Fsp3) is 0.292. The number of amides is 2. The number of hydrogen-bond donors (Lipinski definition) is 1. The zero-order chi connectivity index (χ0) is 24.9. The zero-order valence-electron chi connectivity index (χ0n) is 18.4. The molecule has 9 nitrogen and oxygen atoms in total. The number of ether oxygens (including phenoxy) is 2. The number of carbonyl (C=O) groups excluding carboxylic acids is 3. The van der Waals surface area contributed by atoms with Gasteiger partial charge in [0.05, 0.1) is 17.3 Å². The average molecular weight is 485 g/mol. The minimum atomic E-state index is -3.00. The first-order valence-electron chi connectivity index (χ1n) is 10.9. The molecule has 0 bridgehead atoms. The number of nitrogens with zero attached hydrogens (tertiary/aromatic N) is 2. The van der Waals surface area contributed by atoms with Crippen LogP contribution in [0, 0.1) is 0 Å². The molecule has 1 N–H and O–H groups in total. The Balaban J connectivity index is 1.29. The summed E-state index contributed by atoms with van der Waals surface area (Å²) in [4.78, 5) is 53.6. The number of carbonyl (C=O) groups is 3. The summed E-state index contributed by atoms with van der Waals surface area (Å²) in [5.41, 5.74) is 0.435. The second kappa shape index (κ2) is 10.4. The molecule has 1 aromatic heterocycles. The maximum Gasteiger partial charge on any atom is 0.387 e. The molecule has 0 atom stereocenters. The lowest BCUT2D eigenvalue weighted by molar-refractivity contribution is -0.148. The van der Waals surface area contributed by atoms with Crippen LogP contribution in [-0.2, 0) is 20.7 Å². The van der Waals surface area contributed by atoms with E-state index in [1.54, 1.807) is 28.8 Å². The zero-order valence-corrected chi connectivity index (χ0v) is 18.4. The summed E-state index contributed by atoms with van der Waals surface area (Å²) in [5.74, 6) is -1.99. The third-order valence-corrected chi connectivity index (χ3v) is 5.30. The standard InChI is InChI=1S/C24H21F2N3O6/c25-24(26)35-16-9-5-14(6-10-16)22(32)28-20(30)13-34-21(31)12-11-19-27-18-4-2-1-3-17(18)23(33)29(19)15-7-8-15/h1-6,9-10,15,24H,7-8,11-13H2,(H,28,30,32). The van der Waals surface area contributed by atoms with Crippen molar-refractivity contribution in [3.63, 3.8) is 0 Å². The van der Waals surface area contributed by atoms with Gasteiger partial charge in [0.2, 0.25) is 0 Å². The van der Waals surface area contributed by atoms with Crippen molar-refractivity contribution in [3.8, 4) is 5.75 Å². The van der Waals surface area contributed by atoms with E-state index in [2.05, 4.69) is 9.72 Å². The van der Waals surface area contributed by atoms with Crippen LogP contribution in [0.2, 0.25) is 0 Å². The van der Waals surface area contributed by atoms with Crippen LogP contribution in [0.4, 0.5) is 8.78 Å². The van der Waals surface area contributed by atoms with Gasteiger partial charge < -0.3 is 9.47 Å². The van der Waals surface area contributed by atoms with Crippen LogP contribution >= 0.6 is 0 Å². The summed E-state index contributed by atoms with van der Waals surface area (Å²) in [7, 11) is 0. The Morgan fingerprint density at radius 1 is 1.09 bits per heavy atom. The molecule has 1 fully saturated rings. The molecule has 0 saturated heterocycles. The molecular formula is C24H21F2N3O6. The normalized spacial score (nSPS) is 13.0. The Labute approximate surface area is 197 Å². The van der Waals surface area contributed by atoms with E-state index >= 15 is 0 Å². The lowest BCUT2D eigenvalue weighted by atomic mass is 10.2. The first kappa shape index (κ1) is 24.0. The van der Waals surface area contributed by atoms with Crippen molar-refractivity contribution >= 4 is 28.7 Å². The van der Waals surface area contributed by atoms with E-state index in [0.29, 0.717) is 16.7 Å². The molecule has 0 aliphatic heterocycles. The van der Waals surface area contributed by atoms with Gasteiger partial charge in [0.25, 0.3) is 17.4 Å². The third-order valence-electron chi connectivity index (χ3n) is 5.30. The van der Waals surface area contributed by atoms with Gasteiger partial charge >= 0.3 is 12.6 Å². The van der Waals surface area contributed by atoms with E-state index in [9.17, 15) is 28.0 Å². The molecule has 4 rings (SSSR count). The topological polar surface area (TPSA) is 117 Å². The minimum Gasteiger partial charge on any atom is -0.456 e. The van der Waals surface area contributed by atoms with Gasteiger partial charge in [0.1, 0.15) is 11.6 Å². The molecule has 182 valence electrons. The Bertz CT molecular complexity index is 1320. The highest BCUT2D eigenvalue weighted by Crippen LogP contribution is 2.34. The van der Waals surface area contributed by atoms with Crippen molar-refractivity contribution < 1.29 is 32.6 Å². The van der Waals surface area contributed by atoms with Gasteiger partial charge in [-0.3, -0.25) is 29.1 Å². The number of alkyl halides is 2. The van der Waals surface area contributed by atoms with Crippen LogP contribution in [-0.4, -0.2) is 40.6 Å². The van der Waals surface area contributed by atoms with Crippen molar-refractivity contribution in [1.29, 1.82) is 0 Å². The molecule has 1 heterocycles. The van der Waals surface area contributed by atoms with E-state index in [0.717, 1.165) is 25.0 Å². The molecule has 35 heavy (non-hydrogen) atoms. The van der Waals surface area contributed by atoms with Gasteiger partial charge in [0, 0.05) is 18.0 Å². The molecular weight excluding hydrogens is 464 g/mol. The van der Waals surface area contributed by atoms with Crippen LogP contribution in [0.5, 0.6) is 5.75 Å². The largest absolute Gasteiger partial charge is 0.456 e. The number of rotatable bonds is 9. The molecule has 2 amide bonds. The number of aromatic nitrogens is 2. The van der Waals surface area contributed by atoms with Gasteiger partial charge in [0.15, 0.2) is 6.61 Å². The second-order valence-electron chi connectivity index (χ2n) is 7.89. The van der Waals surface area contributed by atoms with Crippen molar-refractivity contribution in [1.82, 2.24) is 14.9 Å². The number of aryl methyl sites for hydroxylation is 1. The van der Waals surface area contributed by atoms with Gasteiger partial charge in [-0.2, -0.15) is 8.78 Å². The summed E-state index contributed by atoms with van der Waals surface area (Å²) in [6.07, 6.45) is 1.79. The van der Waals surface area contributed by atoms with E-state index in [4.69, 9.17) is 4.74 Å². The van der Waals surface area contributed by atoms with Gasteiger partial charge in [-0.15, -0.1) is 0 Å². The number of halogens is 2. The molecule has 0 radical (unpaired) electrons. The average Bonchev–Trinajstić information content (AvgIpc) is 3.66. The highest BCUT2D eigenvalue weighted by molar-refractivity contribution is 6.05. The minimum absolute atomic E-state index is 0.0340. The molecule has 0 unspecified atom stereocenters. The molecule has 3 aromatic rings. The number of hydrogen-bond acceptors (Lipinski definition) is 7. The molecule has 1 aliphatic carbocycles. The molecule has 0 spiro atoms. The number of benzene rings is 2. The van der Waals surface area contributed by atoms with Crippen molar-refractivity contribution in [2.75, 3.05) is 6.61 Å². The van der Waals surface area contributed by atoms with Crippen molar-refractivity contribution in [3.05, 3.63) is 70.3 Å². The Hall–Kier alpha value is -4.15. The monoisotopic (exact) mass is 485 g/mol. The molecule has 2 aromatic carbocycles. The van der Waals surface area contributed by atoms with Crippen LogP contribution in [0.15, 0.2) is 53.3 Å². The summed E-state index contributed by atoms with van der Waals surface area (Å²) >= 11 is 0. The lowest BCUT2D eigenvalue weighted by Gasteiger charge is -2.12. The van der Waals surface area contributed by atoms with Crippen LogP contribution in [0.3, 0.4) is 0 Å². The van der Waals surface area contributed by atoms with Crippen LogP contribution in [0.25, 0.3) is 10.9 Å². The smallest absolute Gasteiger partial charge is 0.387 e. The van der Waals surface area contributed by atoms with Gasteiger partial charge in [-0.1, -0.05) is 12.1 Å². The first-order chi connectivity index (χ1) is 16.8. The highest BCUT2D eigenvalue weighted by atomic mass is 19.3. The Morgan fingerprint density at radius 2 is 1.80 bits per heavy atom. The fourth-order valence-electron chi connectivity index (χ4n) is 3.53. The SMILES string of the molecule is O=C(COC(=O)CCc1nc2ccccc2c(=O)n1C1CC1)NC(=O)c1ccc(OC(F)F)cc1. The highest BCUT2D eigenvalue weighted by Gasteiger charge is 2.28. The number of imide groups is 1. The van der Waals surface area contributed by atoms with Gasteiger partial charge in [-0.25, -0.2) is 4.98 Å². The van der Waals surface area contributed by atoms with Crippen LogP contribution < -0.4 is 15.6 Å². The summed E-state index contributed by atoms with van der Waals surface area (Å²) in [5, 5.41) is 2.56. The van der Waals surface area contributed by atoms with E-state index in [-0.39, 0.29) is 35.8 Å². The second-order valence-corrected chi connectivity index (χ2v) is 7.89. The molecule has 11 heteroatoms. The Kier molecular flexibility index (Phi) is 7.14. The van der Waals surface area contributed by atoms with Crippen LogP contribution in [0.1, 0.15) is 41.5 Å². The van der Waals surface area contributed by atoms with Gasteiger partial charge in [-0.05, 0) is 49.2 Å². The summed E-state index contributed by atoms with van der Waals surface area (Å²) < 4.78 is 35.1. The van der Waals surface area contributed by atoms with Crippen molar-refractivity contribution in [2.45, 2.75) is 38.3 Å². The molecule has 1 saturated carbocycles. The number of para-hydroxylation sites is 1. The maximum absolute atomic E-state index is 12.9. The summed E-state index contributed by atoms with van der Waals surface area (Å²) in [6.45, 7) is -3.68. The fourth-order valence-corrected chi connectivity index (χ4v) is 3.53. The number of nitrogens with one attached hydrogen (secondary N) is 1. The predicted molar refractivity (Wildman–Crippen MR) is 119 cm³/mol. The maximum atomic E-state index is 12.9.